The lowest BCUT2D eigenvalue weighted by Gasteiger charge is -2.14. The van der Waals surface area contributed by atoms with Gasteiger partial charge in [-0.3, -0.25) is 14.3 Å². The third-order valence-electron chi connectivity index (χ3n) is 2.49. The Morgan fingerprint density at radius 1 is 1.56 bits per heavy atom. The minimum absolute atomic E-state index is 0.00880. The highest BCUT2D eigenvalue weighted by Crippen LogP contribution is 2.27. The number of nitrogens with zero attached hydrogens (tertiary/aromatic N) is 1. The molecule has 1 fully saturated rings. The number of hydrogen-bond donors (Lipinski definition) is 1. The molecule has 2 rings (SSSR count). The van der Waals surface area contributed by atoms with Gasteiger partial charge in [0.15, 0.2) is 0 Å². The fraction of sp³-hybridized carbons (Fsp3) is 0.556. The Hall–Kier alpha value is -0.590. The van der Waals surface area contributed by atoms with Gasteiger partial charge in [0.1, 0.15) is 11.3 Å². The van der Waals surface area contributed by atoms with E-state index in [-0.39, 0.29) is 17.4 Å². The van der Waals surface area contributed by atoms with Crippen LogP contribution in [0.25, 0.3) is 0 Å². The van der Waals surface area contributed by atoms with Crippen LogP contribution in [0.2, 0.25) is 5.02 Å². The molecule has 0 unspecified atom stereocenters. The van der Waals surface area contributed by atoms with Gasteiger partial charge in [0.25, 0.3) is 5.56 Å². The smallest absolute Gasteiger partial charge is 0.330 e. The van der Waals surface area contributed by atoms with Crippen molar-refractivity contribution < 1.29 is 4.74 Å². The molecule has 0 saturated carbocycles. The number of hydrogen-bond acceptors (Lipinski definition) is 3. The molecule has 16 heavy (non-hydrogen) atoms. The quantitative estimate of drug-likeness (QED) is 0.837. The third-order valence-corrected chi connectivity index (χ3v) is 3.48. The van der Waals surface area contributed by atoms with E-state index in [9.17, 15) is 9.59 Å². The van der Waals surface area contributed by atoms with Crippen LogP contribution < -0.4 is 11.2 Å². The predicted octanol–water partition coefficient (Wildman–Crippen LogP) is 1.26. The highest BCUT2D eigenvalue weighted by Gasteiger charge is 2.26. The Morgan fingerprint density at radius 2 is 2.31 bits per heavy atom. The minimum Gasteiger partial charge on any atom is -0.354 e. The first-order valence-electron chi connectivity index (χ1n) is 4.84. The highest BCUT2D eigenvalue weighted by molar-refractivity contribution is 9.09. The second kappa shape index (κ2) is 4.73. The van der Waals surface area contributed by atoms with E-state index in [1.165, 1.54) is 10.8 Å². The molecule has 1 N–H and O–H groups in total. The van der Waals surface area contributed by atoms with E-state index in [0.29, 0.717) is 0 Å². The van der Waals surface area contributed by atoms with Crippen molar-refractivity contribution in [2.75, 3.05) is 5.33 Å². The van der Waals surface area contributed by atoms with Crippen molar-refractivity contribution in [2.24, 2.45) is 0 Å². The number of nitrogens with one attached hydrogen (secondary N) is 1. The van der Waals surface area contributed by atoms with Crippen LogP contribution in [0.5, 0.6) is 0 Å². The molecule has 0 bridgehead atoms. The summed E-state index contributed by atoms with van der Waals surface area (Å²) in [6, 6.07) is 0. The lowest BCUT2D eigenvalue weighted by atomic mass is 10.2. The van der Waals surface area contributed by atoms with Crippen molar-refractivity contribution in [3.8, 4) is 0 Å². The van der Waals surface area contributed by atoms with Gasteiger partial charge in [-0.2, -0.15) is 0 Å². The second-order valence-corrected chi connectivity index (χ2v) is 4.64. The third kappa shape index (κ3) is 2.23. The summed E-state index contributed by atoms with van der Waals surface area (Å²) in [4.78, 5) is 24.8. The van der Waals surface area contributed by atoms with Crippen molar-refractivity contribution in [1.29, 1.82) is 0 Å². The zero-order chi connectivity index (χ0) is 11.7. The summed E-state index contributed by atoms with van der Waals surface area (Å²) in [5.74, 6) is 0. The van der Waals surface area contributed by atoms with E-state index in [0.717, 1.165) is 18.2 Å². The molecule has 1 saturated heterocycles. The lowest BCUT2D eigenvalue weighted by molar-refractivity contribution is 0.0105. The first kappa shape index (κ1) is 11.9. The molecule has 2 atom stereocenters. The van der Waals surface area contributed by atoms with Gasteiger partial charge in [-0.25, -0.2) is 4.79 Å². The molecular weight excluding hydrogens is 299 g/mol. The van der Waals surface area contributed by atoms with Crippen molar-refractivity contribution in [2.45, 2.75) is 25.2 Å². The maximum atomic E-state index is 11.5. The Bertz CT molecular complexity index is 498. The van der Waals surface area contributed by atoms with Crippen molar-refractivity contribution in [3.05, 3.63) is 32.1 Å². The highest BCUT2D eigenvalue weighted by atomic mass is 79.9. The zero-order valence-electron chi connectivity index (χ0n) is 8.28. The molecule has 1 aromatic rings. The topological polar surface area (TPSA) is 64.1 Å². The van der Waals surface area contributed by atoms with Crippen LogP contribution in [0.1, 0.15) is 19.1 Å². The molecule has 0 aromatic carbocycles. The van der Waals surface area contributed by atoms with Crippen LogP contribution in [0.15, 0.2) is 15.8 Å². The summed E-state index contributed by atoms with van der Waals surface area (Å²) in [6.45, 7) is 0. The number of aromatic nitrogens is 2. The molecule has 1 aromatic heterocycles. The first-order valence-corrected chi connectivity index (χ1v) is 6.34. The summed E-state index contributed by atoms with van der Waals surface area (Å²) in [7, 11) is 0. The lowest BCUT2D eigenvalue weighted by Crippen LogP contribution is -2.32. The van der Waals surface area contributed by atoms with Gasteiger partial charge in [-0.15, -0.1) is 0 Å². The molecule has 0 spiro atoms. The Labute approximate surface area is 105 Å². The van der Waals surface area contributed by atoms with E-state index in [4.69, 9.17) is 16.3 Å². The van der Waals surface area contributed by atoms with Gasteiger partial charge < -0.3 is 4.74 Å². The Kier molecular flexibility index (Phi) is 3.51. The molecule has 88 valence electrons. The average Bonchev–Trinajstić information content (AvgIpc) is 2.71. The Balaban J connectivity index is 2.32. The maximum absolute atomic E-state index is 11.5. The molecule has 7 heteroatoms. The summed E-state index contributed by atoms with van der Waals surface area (Å²) in [6.07, 6.45) is 2.69. The molecule has 1 aliphatic rings. The van der Waals surface area contributed by atoms with E-state index in [2.05, 4.69) is 20.9 Å². The molecule has 2 heterocycles. The van der Waals surface area contributed by atoms with E-state index < -0.39 is 11.2 Å². The van der Waals surface area contributed by atoms with Crippen molar-refractivity contribution in [1.82, 2.24) is 9.55 Å². The summed E-state index contributed by atoms with van der Waals surface area (Å²) >= 11 is 8.99. The first-order chi connectivity index (χ1) is 7.61. The van der Waals surface area contributed by atoms with Crippen LogP contribution in [-0.4, -0.2) is 21.0 Å². The van der Waals surface area contributed by atoms with Crippen LogP contribution in [0, 0.1) is 0 Å². The van der Waals surface area contributed by atoms with Crippen LogP contribution in [0.3, 0.4) is 0 Å². The number of H-pyrrole nitrogens is 1. The van der Waals surface area contributed by atoms with Gasteiger partial charge >= 0.3 is 5.69 Å². The fourth-order valence-electron chi connectivity index (χ4n) is 1.68. The van der Waals surface area contributed by atoms with Crippen molar-refractivity contribution in [3.63, 3.8) is 0 Å². The van der Waals surface area contributed by atoms with E-state index in [1.807, 2.05) is 0 Å². The predicted molar refractivity (Wildman–Crippen MR) is 63.3 cm³/mol. The largest absolute Gasteiger partial charge is 0.354 e. The van der Waals surface area contributed by atoms with Gasteiger partial charge in [0, 0.05) is 11.5 Å². The summed E-state index contributed by atoms with van der Waals surface area (Å²) in [5.41, 5.74) is -1.06. The standard InChI is InChI=1S/C9H10BrClN2O3/c10-3-5-1-2-7(16-5)13-4-6(11)8(14)12-9(13)15/h4-5,7H,1-3H2,(H,12,14,15)/t5-,7+/m0/s1. The van der Waals surface area contributed by atoms with Crippen LogP contribution in [0.4, 0.5) is 0 Å². The summed E-state index contributed by atoms with van der Waals surface area (Å²) < 4.78 is 6.93. The van der Waals surface area contributed by atoms with Gasteiger partial charge in [0.05, 0.1) is 6.10 Å². The molecule has 5 nitrogen and oxygen atoms in total. The maximum Gasteiger partial charge on any atom is 0.330 e. The molecule has 0 radical (unpaired) electrons. The number of halogens is 2. The minimum atomic E-state index is -0.571. The molecular formula is C9H10BrClN2O3. The van der Waals surface area contributed by atoms with Gasteiger partial charge in [-0.05, 0) is 12.8 Å². The SMILES string of the molecule is O=c1[nH]c(=O)n([C@H]2CC[C@@H](CBr)O2)cc1Cl. The zero-order valence-corrected chi connectivity index (χ0v) is 10.6. The van der Waals surface area contributed by atoms with Gasteiger partial charge in [-0.1, -0.05) is 27.5 Å². The Morgan fingerprint density at radius 3 is 2.94 bits per heavy atom. The molecule has 0 amide bonds. The number of rotatable bonds is 2. The average molecular weight is 310 g/mol. The summed E-state index contributed by atoms with van der Waals surface area (Å²) in [5, 5.41) is 0.723. The van der Waals surface area contributed by atoms with Crippen molar-refractivity contribution >= 4 is 27.5 Å². The number of alkyl halides is 1. The molecule has 0 aliphatic carbocycles. The van der Waals surface area contributed by atoms with Crippen LogP contribution in [-0.2, 0) is 4.74 Å². The second-order valence-electron chi connectivity index (χ2n) is 3.59. The monoisotopic (exact) mass is 308 g/mol. The van der Waals surface area contributed by atoms with E-state index >= 15 is 0 Å². The molecule has 1 aliphatic heterocycles. The number of ether oxygens (including phenoxy) is 1. The van der Waals surface area contributed by atoms with E-state index in [1.54, 1.807) is 0 Å². The number of aromatic amines is 1. The fourth-order valence-corrected chi connectivity index (χ4v) is 2.31. The van der Waals surface area contributed by atoms with Crippen LogP contribution >= 0.6 is 27.5 Å². The van der Waals surface area contributed by atoms with Gasteiger partial charge in [0.2, 0.25) is 0 Å². The normalized spacial score (nSPS) is 24.9.